The third kappa shape index (κ3) is 3.64. The molecule has 0 radical (unpaired) electrons. The minimum absolute atomic E-state index is 0.162. The number of esters is 1. The number of hydrogen-bond acceptors (Lipinski definition) is 7. The zero-order valence-electron chi connectivity index (χ0n) is 13.8. The lowest BCUT2D eigenvalue weighted by molar-refractivity contribution is 0.0606. The first-order chi connectivity index (χ1) is 12.0. The van der Waals surface area contributed by atoms with Crippen LogP contribution in [0.15, 0.2) is 18.2 Å². The Morgan fingerprint density at radius 1 is 1.24 bits per heavy atom. The number of nitrogens with zero attached hydrogens (tertiary/aromatic N) is 3. The van der Waals surface area contributed by atoms with Crippen molar-refractivity contribution >= 4 is 39.7 Å². The van der Waals surface area contributed by atoms with E-state index in [0.717, 1.165) is 5.69 Å². The molecule has 0 aliphatic carbocycles. The summed E-state index contributed by atoms with van der Waals surface area (Å²) in [6, 6.07) is 4.53. The Kier molecular flexibility index (Phi) is 5.29. The number of ether oxygens (including phenoxy) is 2. The van der Waals surface area contributed by atoms with Crippen LogP contribution in [0.25, 0.3) is 0 Å². The number of carbonyl (C=O) groups excluding carboxylic acids is 1. The number of aromatic nitrogens is 1. The molecule has 0 bridgehead atoms. The molecule has 2 aromatic rings. The molecule has 134 valence electrons. The van der Waals surface area contributed by atoms with Gasteiger partial charge in [-0.25, -0.2) is 14.2 Å². The van der Waals surface area contributed by atoms with E-state index >= 15 is 0 Å². The average molecular weight is 386 g/mol. The molecule has 9 heteroatoms. The van der Waals surface area contributed by atoms with E-state index in [4.69, 9.17) is 21.1 Å². The van der Waals surface area contributed by atoms with Crippen LogP contribution in [0, 0.1) is 5.82 Å². The minimum atomic E-state index is -0.483. The van der Waals surface area contributed by atoms with Gasteiger partial charge in [-0.15, -0.1) is 0 Å². The van der Waals surface area contributed by atoms with Gasteiger partial charge in [-0.2, -0.15) is 0 Å². The van der Waals surface area contributed by atoms with Crippen molar-refractivity contribution in [2.75, 3.05) is 50.2 Å². The summed E-state index contributed by atoms with van der Waals surface area (Å²) in [6.45, 7) is 2.83. The minimum Gasteiger partial charge on any atom is -0.494 e. The molecule has 2 heterocycles. The smallest absolute Gasteiger partial charge is 0.351 e. The van der Waals surface area contributed by atoms with Gasteiger partial charge >= 0.3 is 5.97 Å². The molecular weight excluding hydrogens is 369 g/mol. The summed E-state index contributed by atoms with van der Waals surface area (Å²) < 4.78 is 23.3. The van der Waals surface area contributed by atoms with Gasteiger partial charge in [0, 0.05) is 32.2 Å². The normalized spacial score (nSPS) is 14.6. The summed E-state index contributed by atoms with van der Waals surface area (Å²) in [5.74, 6) is -0.297. The van der Waals surface area contributed by atoms with Crippen LogP contribution in [0.3, 0.4) is 0 Å². The van der Waals surface area contributed by atoms with Gasteiger partial charge in [0.25, 0.3) is 0 Å². The van der Waals surface area contributed by atoms with Crippen molar-refractivity contribution in [1.82, 2.24) is 4.98 Å². The van der Waals surface area contributed by atoms with Crippen molar-refractivity contribution in [2.24, 2.45) is 0 Å². The standard InChI is InChI=1S/C16H17ClFN3O3S/c1-23-12-9-10(18)3-4-11(12)20-5-7-21(8-6-20)16-19-14(17)13(25-16)15(22)24-2/h3-4,9H,5-8H2,1-2H3. The van der Waals surface area contributed by atoms with Crippen molar-refractivity contribution in [3.63, 3.8) is 0 Å². The SMILES string of the molecule is COC(=O)c1sc(N2CCN(c3ccc(F)cc3OC)CC2)nc1Cl. The van der Waals surface area contributed by atoms with Gasteiger partial charge < -0.3 is 19.3 Å². The predicted octanol–water partition coefficient (Wildman–Crippen LogP) is 3.06. The first kappa shape index (κ1) is 17.8. The molecule has 1 aliphatic rings. The van der Waals surface area contributed by atoms with E-state index in [1.54, 1.807) is 6.07 Å². The first-order valence-corrected chi connectivity index (χ1v) is 8.81. The number of hydrogen-bond donors (Lipinski definition) is 0. The fourth-order valence-electron chi connectivity index (χ4n) is 2.70. The maximum Gasteiger partial charge on any atom is 0.351 e. The highest BCUT2D eigenvalue weighted by Crippen LogP contribution is 2.33. The number of halogens is 2. The highest BCUT2D eigenvalue weighted by molar-refractivity contribution is 7.18. The van der Waals surface area contributed by atoms with Crippen LogP contribution in [0.1, 0.15) is 9.67 Å². The second-order valence-electron chi connectivity index (χ2n) is 5.40. The summed E-state index contributed by atoms with van der Waals surface area (Å²) in [7, 11) is 2.84. The predicted molar refractivity (Wildman–Crippen MR) is 95.8 cm³/mol. The van der Waals surface area contributed by atoms with Crippen molar-refractivity contribution < 1.29 is 18.7 Å². The van der Waals surface area contributed by atoms with Gasteiger partial charge in [-0.05, 0) is 12.1 Å². The zero-order chi connectivity index (χ0) is 18.0. The summed E-state index contributed by atoms with van der Waals surface area (Å²) in [4.78, 5) is 20.4. The maximum absolute atomic E-state index is 13.4. The Labute approximate surface area is 153 Å². The molecule has 25 heavy (non-hydrogen) atoms. The Bertz CT molecular complexity index is 778. The molecule has 6 nitrogen and oxygen atoms in total. The van der Waals surface area contributed by atoms with E-state index in [9.17, 15) is 9.18 Å². The third-order valence-corrected chi connectivity index (χ3v) is 5.46. The van der Waals surface area contributed by atoms with Crippen molar-refractivity contribution in [1.29, 1.82) is 0 Å². The highest BCUT2D eigenvalue weighted by atomic mass is 35.5. The largest absolute Gasteiger partial charge is 0.494 e. The second kappa shape index (κ2) is 7.45. The second-order valence-corrected chi connectivity index (χ2v) is 6.73. The van der Waals surface area contributed by atoms with Crippen LogP contribution in [-0.2, 0) is 4.74 Å². The van der Waals surface area contributed by atoms with Gasteiger partial charge in [0.1, 0.15) is 11.6 Å². The monoisotopic (exact) mass is 385 g/mol. The third-order valence-electron chi connectivity index (χ3n) is 3.98. The maximum atomic E-state index is 13.4. The van der Waals surface area contributed by atoms with E-state index in [0.29, 0.717) is 41.9 Å². The van der Waals surface area contributed by atoms with Crippen LogP contribution in [-0.4, -0.2) is 51.4 Å². The Morgan fingerprint density at radius 3 is 2.56 bits per heavy atom. The van der Waals surface area contributed by atoms with E-state index in [-0.39, 0.29) is 11.0 Å². The van der Waals surface area contributed by atoms with Crippen LogP contribution < -0.4 is 14.5 Å². The number of rotatable bonds is 4. The first-order valence-electron chi connectivity index (χ1n) is 7.61. The van der Waals surface area contributed by atoms with Gasteiger partial charge in [0.05, 0.1) is 19.9 Å². The Balaban J connectivity index is 1.71. The molecular formula is C16H17ClFN3O3S. The van der Waals surface area contributed by atoms with Crippen LogP contribution in [0.2, 0.25) is 5.15 Å². The highest BCUT2D eigenvalue weighted by Gasteiger charge is 2.25. The van der Waals surface area contributed by atoms with Crippen molar-refractivity contribution in [3.8, 4) is 5.75 Å². The summed E-state index contributed by atoms with van der Waals surface area (Å²) in [5.41, 5.74) is 0.857. The molecule has 0 N–H and O–H groups in total. The van der Waals surface area contributed by atoms with Gasteiger partial charge in [-0.3, -0.25) is 0 Å². The lowest BCUT2D eigenvalue weighted by Gasteiger charge is -2.36. The van der Waals surface area contributed by atoms with Crippen molar-refractivity contribution in [3.05, 3.63) is 34.0 Å². The van der Waals surface area contributed by atoms with Gasteiger partial charge in [0.2, 0.25) is 0 Å². The number of anilines is 2. The molecule has 0 saturated carbocycles. The molecule has 1 aromatic heterocycles. The van der Waals surface area contributed by atoms with E-state index in [1.165, 1.54) is 37.7 Å². The summed E-state index contributed by atoms with van der Waals surface area (Å²) in [5, 5.41) is 0.852. The lowest BCUT2D eigenvalue weighted by atomic mass is 10.2. The number of thiazole rings is 1. The molecule has 3 rings (SSSR count). The van der Waals surface area contributed by atoms with Crippen LogP contribution in [0.4, 0.5) is 15.2 Å². The Hall–Kier alpha value is -2.06. The Morgan fingerprint density at radius 2 is 1.92 bits per heavy atom. The van der Waals surface area contributed by atoms with E-state index in [1.807, 2.05) is 0 Å². The molecule has 1 aliphatic heterocycles. The molecule has 1 saturated heterocycles. The molecule has 1 aromatic carbocycles. The van der Waals surface area contributed by atoms with E-state index in [2.05, 4.69) is 14.8 Å². The molecule has 0 atom stereocenters. The topological polar surface area (TPSA) is 54.9 Å². The number of piperazine rings is 1. The molecule has 0 unspecified atom stereocenters. The number of benzene rings is 1. The molecule has 1 fully saturated rings. The number of carbonyl (C=O) groups is 1. The summed E-state index contributed by atoms with van der Waals surface area (Å²) >= 11 is 7.25. The van der Waals surface area contributed by atoms with Crippen LogP contribution >= 0.6 is 22.9 Å². The lowest BCUT2D eigenvalue weighted by Crippen LogP contribution is -2.46. The van der Waals surface area contributed by atoms with Crippen LogP contribution in [0.5, 0.6) is 5.75 Å². The zero-order valence-corrected chi connectivity index (χ0v) is 15.4. The van der Waals surface area contributed by atoms with Gasteiger partial charge in [-0.1, -0.05) is 22.9 Å². The van der Waals surface area contributed by atoms with E-state index < -0.39 is 5.97 Å². The molecule has 0 spiro atoms. The van der Waals surface area contributed by atoms with Gasteiger partial charge in [0.15, 0.2) is 15.2 Å². The van der Waals surface area contributed by atoms with Crippen molar-refractivity contribution in [2.45, 2.75) is 0 Å². The summed E-state index contributed by atoms with van der Waals surface area (Å²) in [6.07, 6.45) is 0. The fourth-order valence-corrected chi connectivity index (χ4v) is 3.95. The quantitative estimate of drug-likeness (QED) is 0.754. The average Bonchev–Trinajstić information content (AvgIpc) is 3.03. The number of methoxy groups -OCH3 is 2. The fraction of sp³-hybridized carbons (Fsp3) is 0.375. The molecule has 0 amide bonds.